The molecule has 38 heavy (non-hydrogen) atoms. The predicted octanol–water partition coefficient (Wildman–Crippen LogP) is 3.07. The molecule has 0 N–H and O–H groups in total. The lowest BCUT2D eigenvalue weighted by atomic mass is 9.51. The fourth-order valence-corrected chi connectivity index (χ4v) is 9.22. The molecule has 0 aromatic heterocycles. The van der Waals surface area contributed by atoms with Crippen molar-refractivity contribution in [2.45, 2.75) is 68.9 Å². The van der Waals surface area contributed by atoms with Gasteiger partial charge in [-0.05, 0) is 62.3 Å². The van der Waals surface area contributed by atoms with Crippen LogP contribution in [0.15, 0.2) is 42.5 Å². The van der Waals surface area contributed by atoms with Gasteiger partial charge < -0.3 is 9.47 Å². The third-order valence-electron chi connectivity index (χ3n) is 9.16. The molecule has 4 aliphatic rings. The molecule has 2 fully saturated rings. The van der Waals surface area contributed by atoms with E-state index in [1.165, 1.54) is 11.2 Å². The van der Waals surface area contributed by atoms with Crippen LogP contribution in [-0.2, 0) is 37.2 Å². The van der Waals surface area contributed by atoms with Crippen LogP contribution in [0.3, 0.4) is 0 Å². The zero-order chi connectivity index (χ0) is 26.8. The van der Waals surface area contributed by atoms with Gasteiger partial charge in [0.05, 0.1) is 18.3 Å². The van der Waals surface area contributed by atoms with Crippen LogP contribution in [0, 0.1) is 5.92 Å². The van der Waals surface area contributed by atoms with E-state index in [9.17, 15) is 18.0 Å². The smallest absolute Gasteiger partial charge is 0.308 e. The third-order valence-corrected chi connectivity index (χ3v) is 11.0. The molecule has 8 nitrogen and oxygen atoms in total. The highest BCUT2D eigenvalue weighted by Gasteiger charge is 2.66. The molecule has 2 bridgehead atoms. The van der Waals surface area contributed by atoms with Crippen LogP contribution >= 0.6 is 0 Å². The van der Waals surface area contributed by atoms with Gasteiger partial charge in [0.1, 0.15) is 11.9 Å². The van der Waals surface area contributed by atoms with E-state index < -0.39 is 27.5 Å². The quantitative estimate of drug-likeness (QED) is 0.395. The molecular weight excluding hydrogens is 504 g/mol. The fourth-order valence-electron chi connectivity index (χ4n) is 7.77. The Balaban J connectivity index is 1.42. The van der Waals surface area contributed by atoms with Crippen LogP contribution in [0.2, 0.25) is 0 Å². The summed E-state index contributed by atoms with van der Waals surface area (Å²) in [6, 6.07) is 12.9. The maximum atomic E-state index is 13.6. The van der Waals surface area contributed by atoms with Crippen LogP contribution in [0.5, 0.6) is 11.5 Å². The fraction of sp³-hybridized carbons (Fsp3) is 0.517. The number of benzene rings is 2. The number of carbonyl (C=O) groups is 2. The van der Waals surface area contributed by atoms with Crippen molar-refractivity contribution in [2.75, 3.05) is 20.1 Å². The van der Waals surface area contributed by atoms with Crippen LogP contribution in [0.4, 0.5) is 0 Å². The normalized spacial score (nSPS) is 29.5. The Morgan fingerprint density at radius 1 is 1.13 bits per heavy atom. The van der Waals surface area contributed by atoms with Gasteiger partial charge in [0.25, 0.3) is 0 Å². The summed E-state index contributed by atoms with van der Waals surface area (Å²) in [4.78, 5) is 26.3. The summed E-state index contributed by atoms with van der Waals surface area (Å²) in [5.41, 5.74) is 2.58. The Labute approximate surface area is 223 Å². The van der Waals surface area contributed by atoms with Gasteiger partial charge >= 0.3 is 5.97 Å². The maximum Gasteiger partial charge on any atom is 0.308 e. The lowest BCUT2D eigenvalue weighted by molar-refractivity contribution is -0.132. The number of likely N-dealkylation sites (N-methyl/N-ethyl adjacent to an activating group) is 1. The second-order valence-electron chi connectivity index (χ2n) is 11.3. The van der Waals surface area contributed by atoms with Crippen LogP contribution in [0.1, 0.15) is 49.8 Å². The van der Waals surface area contributed by atoms with Gasteiger partial charge in [-0.25, -0.2) is 8.42 Å². The number of sulfonamides is 1. The van der Waals surface area contributed by atoms with Crippen molar-refractivity contribution >= 4 is 21.8 Å². The molecule has 2 aromatic carbocycles. The van der Waals surface area contributed by atoms with Crippen molar-refractivity contribution in [3.63, 3.8) is 0 Å². The minimum Gasteiger partial charge on any atom is -0.484 e. The molecule has 9 heteroatoms. The van der Waals surface area contributed by atoms with Crippen molar-refractivity contribution in [1.29, 1.82) is 0 Å². The number of carbonyl (C=O) groups excluding carboxylic acids is 2. The molecule has 1 saturated carbocycles. The largest absolute Gasteiger partial charge is 0.484 e. The summed E-state index contributed by atoms with van der Waals surface area (Å²) < 4.78 is 41.1. The van der Waals surface area contributed by atoms with Gasteiger partial charge in [0.2, 0.25) is 10.0 Å². The first-order chi connectivity index (χ1) is 18.1. The number of rotatable bonds is 7. The zero-order valence-corrected chi connectivity index (χ0v) is 22.9. The van der Waals surface area contributed by atoms with E-state index in [0.29, 0.717) is 24.5 Å². The number of piperidine rings is 1. The molecule has 1 spiro atoms. The number of ether oxygens (including phenoxy) is 2. The number of hydrogen-bond acceptors (Lipinski definition) is 7. The minimum atomic E-state index is -3.62. The van der Waals surface area contributed by atoms with E-state index in [-0.39, 0.29) is 29.5 Å². The highest BCUT2D eigenvalue weighted by atomic mass is 32.2. The molecule has 1 saturated heterocycles. The maximum absolute atomic E-state index is 13.6. The highest BCUT2D eigenvalue weighted by molar-refractivity contribution is 7.88. The van der Waals surface area contributed by atoms with E-state index >= 15 is 0 Å². The summed E-state index contributed by atoms with van der Waals surface area (Å²) in [6.45, 7) is 4.17. The standard InChI is InChI=1S/C29H34N2O6S/c1-18(32)16-31-14-13-29-22-10-11-23(30(3)38(34,35)17-20-7-5-4-6-8-20)28(29)37-27-25(36-19(2)33)12-9-21(26(27)29)15-24(22)31/h4-9,12,22-24,28H,10-11,13-17H2,1-3H3/t22-,23-,24+,28-,29-/m0/s1. The van der Waals surface area contributed by atoms with E-state index in [0.717, 1.165) is 42.5 Å². The Hall–Kier alpha value is -2.75. The van der Waals surface area contributed by atoms with Crippen molar-refractivity contribution in [2.24, 2.45) is 5.92 Å². The van der Waals surface area contributed by atoms with E-state index in [2.05, 4.69) is 4.90 Å². The third kappa shape index (κ3) is 3.89. The lowest BCUT2D eigenvalue weighted by Gasteiger charge is -2.60. The molecule has 0 unspecified atom stereocenters. The SMILES string of the molecule is CC(=O)CN1CC[C@]23c4c5ccc(OC(C)=O)c4O[C@H]2[C@@H](N(C)S(=O)(=O)Cc2ccccc2)CC[C@H]3[C@H]1C5. The van der Waals surface area contributed by atoms with Gasteiger partial charge in [0.15, 0.2) is 11.5 Å². The number of nitrogens with zero attached hydrogens (tertiary/aromatic N) is 2. The van der Waals surface area contributed by atoms with Crippen LogP contribution < -0.4 is 9.47 Å². The number of esters is 1. The first kappa shape index (κ1) is 25.5. The number of ketones is 1. The molecule has 0 radical (unpaired) electrons. The first-order valence-electron chi connectivity index (χ1n) is 13.4. The van der Waals surface area contributed by atoms with Crippen molar-refractivity contribution < 1.29 is 27.5 Å². The van der Waals surface area contributed by atoms with Gasteiger partial charge in [-0.2, -0.15) is 4.31 Å². The molecule has 2 aliphatic carbocycles. The van der Waals surface area contributed by atoms with E-state index in [1.807, 2.05) is 36.4 Å². The van der Waals surface area contributed by atoms with Crippen LogP contribution in [-0.4, -0.2) is 67.7 Å². The molecule has 6 rings (SSSR count). The van der Waals surface area contributed by atoms with Crippen molar-refractivity contribution in [3.05, 3.63) is 59.2 Å². The summed E-state index contributed by atoms with van der Waals surface area (Å²) in [6.07, 6.45) is 2.66. The Morgan fingerprint density at radius 2 is 1.89 bits per heavy atom. The Bertz CT molecular complexity index is 1390. The monoisotopic (exact) mass is 538 g/mol. The number of hydrogen-bond donors (Lipinski definition) is 0. The summed E-state index contributed by atoms with van der Waals surface area (Å²) in [5, 5.41) is 0. The number of likely N-dealkylation sites (tertiary alicyclic amines) is 1. The molecule has 2 aromatic rings. The van der Waals surface area contributed by atoms with Crippen molar-refractivity contribution in [3.8, 4) is 11.5 Å². The summed E-state index contributed by atoms with van der Waals surface area (Å²) in [5.74, 6) is 0.873. The summed E-state index contributed by atoms with van der Waals surface area (Å²) >= 11 is 0. The molecule has 2 heterocycles. The Kier molecular flexibility index (Phi) is 6.16. The van der Waals surface area contributed by atoms with Gasteiger partial charge in [0, 0.05) is 31.0 Å². The second-order valence-corrected chi connectivity index (χ2v) is 13.3. The average molecular weight is 539 g/mol. The summed E-state index contributed by atoms with van der Waals surface area (Å²) in [7, 11) is -1.95. The molecule has 2 aliphatic heterocycles. The van der Waals surface area contributed by atoms with E-state index in [1.54, 1.807) is 20.0 Å². The molecular formula is C29H34N2O6S. The van der Waals surface area contributed by atoms with E-state index in [4.69, 9.17) is 9.47 Å². The average Bonchev–Trinajstić information content (AvgIpc) is 3.21. The molecule has 5 atom stereocenters. The molecule has 202 valence electrons. The molecule has 0 amide bonds. The Morgan fingerprint density at radius 3 is 2.61 bits per heavy atom. The minimum absolute atomic E-state index is 0.0735. The van der Waals surface area contributed by atoms with Crippen LogP contribution in [0.25, 0.3) is 0 Å². The highest BCUT2D eigenvalue weighted by Crippen LogP contribution is 2.64. The van der Waals surface area contributed by atoms with Gasteiger partial charge in [-0.15, -0.1) is 0 Å². The van der Waals surface area contributed by atoms with Crippen molar-refractivity contribution in [1.82, 2.24) is 9.21 Å². The topological polar surface area (TPSA) is 93.2 Å². The van der Waals surface area contributed by atoms with Gasteiger partial charge in [-0.1, -0.05) is 36.4 Å². The second kappa shape index (κ2) is 9.17. The number of Topliss-reactive ketones (excluding diaryl/α,β-unsaturated/α-hetero) is 1. The lowest BCUT2D eigenvalue weighted by Crippen LogP contribution is -2.69. The predicted molar refractivity (Wildman–Crippen MR) is 142 cm³/mol. The first-order valence-corrected chi connectivity index (χ1v) is 15.0. The zero-order valence-electron chi connectivity index (χ0n) is 22.1. The van der Waals surface area contributed by atoms with Gasteiger partial charge in [-0.3, -0.25) is 14.5 Å².